The zero-order valence-corrected chi connectivity index (χ0v) is 21.5. The van der Waals surface area contributed by atoms with Gasteiger partial charge in [-0.15, -0.1) is 12.4 Å². The second-order valence-corrected chi connectivity index (χ2v) is 11.2. The molecule has 3 aromatic rings. The van der Waals surface area contributed by atoms with Crippen LogP contribution in [0.25, 0.3) is 10.2 Å². The van der Waals surface area contributed by atoms with Gasteiger partial charge in [0, 0.05) is 12.1 Å². The molecule has 0 bridgehead atoms. The number of fused-ring (bicyclic) bond motifs is 1. The summed E-state index contributed by atoms with van der Waals surface area (Å²) in [6.07, 6.45) is 0.777. The van der Waals surface area contributed by atoms with E-state index in [-0.39, 0.29) is 29.0 Å². The first-order chi connectivity index (χ1) is 14.6. The summed E-state index contributed by atoms with van der Waals surface area (Å²) in [4.78, 5) is 22.1. The molecular formula is C23H30ClN3O3S2. The number of aryl methyl sites for hydroxylation is 2. The van der Waals surface area contributed by atoms with Crippen LogP contribution in [0, 0.1) is 13.8 Å². The van der Waals surface area contributed by atoms with Crippen LogP contribution in [0.15, 0.2) is 41.3 Å². The molecule has 6 nitrogen and oxygen atoms in total. The monoisotopic (exact) mass is 495 g/mol. The lowest BCUT2D eigenvalue weighted by molar-refractivity contribution is 0.0986. The van der Waals surface area contributed by atoms with E-state index in [1.165, 1.54) is 29.0 Å². The minimum Gasteiger partial charge on any atom is -0.309 e. The van der Waals surface area contributed by atoms with Crippen molar-refractivity contribution < 1.29 is 13.2 Å². The molecule has 1 amide bonds. The van der Waals surface area contributed by atoms with E-state index in [1.54, 1.807) is 24.0 Å². The van der Waals surface area contributed by atoms with Gasteiger partial charge in [-0.1, -0.05) is 24.3 Å². The highest BCUT2D eigenvalue weighted by Crippen LogP contribution is 2.32. The number of thiazole rings is 1. The molecule has 2 aromatic carbocycles. The minimum atomic E-state index is -3.39. The van der Waals surface area contributed by atoms with E-state index in [1.807, 2.05) is 27.1 Å². The Morgan fingerprint density at radius 2 is 1.75 bits per heavy atom. The van der Waals surface area contributed by atoms with Gasteiger partial charge in [-0.3, -0.25) is 9.69 Å². The molecular weight excluding hydrogens is 466 g/mol. The van der Waals surface area contributed by atoms with Crippen LogP contribution < -0.4 is 4.90 Å². The number of carbonyl (C=O) groups is 1. The van der Waals surface area contributed by atoms with Crippen molar-refractivity contribution in [2.45, 2.75) is 32.1 Å². The number of halogens is 1. The molecule has 1 heterocycles. The number of hydrogen-bond acceptors (Lipinski definition) is 6. The Hall–Kier alpha value is -2.00. The van der Waals surface area contributed by atoms with Crippen molar-refractivity contribution in [1.29, 1.82) is 0 Å². The molecule has 0 saturated heterocycles. The second kappa shape index (κ2) is 10.7. The molecule has 1 aromatic heterocycles. The number of carbonyl (C=O) groups excluding carboxylic acids is 1. The third-order valence-corrected chi connectivity index (χ3v) is 8.05. The fraction of sp³-hybridized carbons (Fsp3) is 0.391. The Balaban J connectivity index is 0.00000363. The maximum Gasteiger partial charge on any atom is 0.260 e. The van der Waals surface area contributed by atoms with Gasteiger partial charge in [0.25, 0.3) is 5.91 Å². The molecule has 0 aliphatic heterocycles. The van der Waals surface area contributed by atoms with Crippen LogP contribution >= 0.6 is 23.7 Å². The number of rotatable bonds is 8. The lowest BCUT2D eigenvalue weighted by Gasteiger charge is -2.21. The molecule has 0 fully saturated rings. The lowest BCUT2D eigenvalue weighted by atomic mass is 10.1. The number of benzene rings is 2. The summed E-state index contributed by atoms with van der Waals surface area (Å²) in [5, 5.41) is 0.632. The van der Waals surface area contributed by atoms with E-state index in [2.05, 4.69) is 17.9 Å². The maximum absolute atomic E-state index is 13.5. The Kier molecular flexibility index (Phi) is 8.82. The van der Waals surface area contributed by atoms with Gasteiger partial charge >= 0.3 is 0 Å². The summed E-state index contributed by atoms with van der Waals surface area (Å²) >= 11 is 1.49. The van der Waals surface area contributed by atoms with Gasteiger partial charge in [0.1, 0.15) is 0 Å². The molecule has 0 unspecified atom stereocenters. The number of aromatic nitrogens is 1. The van der Waals surface area contributed by atoms with E-state index < -0.39 is 9.84 Å². The SMILES string of the molecule is CCS(=O)(=O)c1cccc(C(=O)N(CCCN(C)C)c2nc3cc(C)c(C)cc3s2)c1.Cl. The quantitative estimate of drug-likeness (QED) is 0.452. The van der Waals surface area contributed by atoms with Crippen molar-refractivity contribution in [3.8, 4) is 0 Å². The highest BCUT2D eigenvalue weighted by atomic mass is 35.5. The van der Waals surface area contributed by atoms with Crippen LogP contribution in [0.4, 0.5) is 5.13 Å². The number of hydrogen-bond donors (Lipinski definition) is 0. The first-order valence-corrected chi connectivity index (χ1v) is 12.8. The molecule has 0 saturated carbocycles. The predicted molar refractivity (Wildman–Crippen MR) is 135 cm³/mol. The Bertz CT molecular complexity index is 1170. The van der Waals surface area contributed by atoms with Crippen LogP contribution in [-0.2, 0) is 9.84 Å². The highest BCUT2D eigenvalue weighted by Gasteiger charge is 2.23. The van der Waals surface area contributed by atoms with E-state index in [9.17, 15) is 13.2 Å². The average Bonchev–Trinajstić information content (AvgIpc) is 3.13. The van der Waals surface area contributed by atoms with Crippen molar-refractivity contribution in [1.82, 2.24) is 9.88 Å². The summed E-state index contributed by atoms with van der Waals surface area (Å²) in [6.45, 7) is 7.04. The summed E-state index contributed by atoms with van der Waals surface area (Å²) < 4.78 is 25.6. The van der Waals surface area contributed by atoms with Crippen molar-refractivity contribution in [3.05, 3.63) is 53.1 Å². The topological polar surface area (TPSA) is 70.6 Å². The third kappa shape index (κ3) is 5.86. The number of nitrogens with zero attached hydrogens (tertiary/aromatic N) is 3. The summed E-state index contributed by atoms with van der Waals surface area (Å²) in [5.74, 6) is -0.243. The molecule has 0 spiro atoms. The second-order valence-electron chi connectivity index (χ2n) is 7.95. The van der Waals surface area contributed by atoms with Gasteiger partial charge in [-0.2, -0.15) is 0 Å². The van der Waals surface area contributed by atoms with Gasteiger partial charge in [-0.05, 0) is 82.4 Å². The van der Waals surface area contributed by atoms with Crippen molar-refractivity contribution in [2.24, 2.45) is 0 Å². The maximum atomic E-state index is 13.5. The van der Waals surface area contributed by atoms with E-state index in [0.717, 1.165) is 28.7 Å². The lowest BCUT2D eigenvalue weighted by Crippen LogP contribution is -2.33. The molecule has 3 rings (SSSR count). The number of anilines is 1. The van der Waals surface area contributed by atoms with Crippen LogP contribution in [0.3, 0.4) is 0 Å². The van der Waals surface area contributed by atoms with Crippen LogP contribution in [0.2, 0.25) is 0 Å². The number of sulfone groups is 1. The first kappa shape index (κ1) is 26.3. The van der Waals surface area contributed by atoms with Gasteiger partial charge < -0.3 is 4.90 Å². The molecule has 0 radical (unpaired) electrons. The molecule has 0 N–H and O–H groups in total. The Morgan fingerprint density at radius 1 is 1.06 bits per heavy atom. The molecule has 174 valence electrons. The largest absolute Gasteiger partial charge is 0.309 e. The molecule has 9 heteroatoms. The zero-order chi connectivity index (χ0) is 22.8. The van der Waals surface area contributed by atoms with Crippen molar-refractivity contribution in [3.63, 3.8) is 0 Å². The van der Waals surface area contributed by atoms with Crippen LogP contribution in [-0.4, -0.2) is 57.1 Å². The van der Waals surface area contributed by atoms with Gasteiger partial charge in [0.15, 0.2) is 15.0 Å². The average molecular weight is 496 g/mol. The zero-order valence-electron chi connectivity index (χ0n) is 19.1. The number of amides is 1. The van der Waals surface area contributed by atoms with Crippen molar-refractivity contribution >= 4 is 54.8 Å². The van der Waals surface area contributed by atoms with Crippen LogP contribution in [0.1, 0.15) is 34.8 Å². The predicted octanol–water partition coefficient (Wildman–Crippen LogP) is 4.73. The molecule has 32 heavy (non-hydrogen) atoms. The van der Waals surface area contributed by atoms with Crippen molar-refractivity contribution in [2.75, 3.05) is 37.8 Å². The normalized spacial score (nSPS) is 11.6. The summed E-state index contributed by atoms with van der Waals surface area (Å²) in [7, 11) is 0.596. The molecule has 0 aliphatic rings. The van der Waals surface area contributed by atoms with Gasteiger partial charge in [0.05, 0.1) is 20.9 Å². The smallest absolute Gasteiger partial charge is 0.260 e. The summed E-state index contributed by atoms with van der Waals surface area (Å²) in [5.41, 5.74) is 3.57. The summed E-state index contributed by atoms with van der Waals surface area (Å²) in [6, 6.07) is 10.4. The fourth-order valence-electron chi connectivity index (χ4n) is 3.26. The van der Waals surface area contributed by atoms with Gasteiger partial charge in [-0.25, -0.2) is 13.4 Å². The molecule has 0 atom stereocenters. The van der Waals surface area contributed by atoms with E-state index in [0.29, 0.717) is 17.2 Å². The fourth-order valence-corrected chi connectivity index (χ4v) is 5.25. The van der Waals surface area contributed by atoms with E-state index in [4.69, 9.17) is 4.98 Å². The van der Waals surface area contributed by atoms with Crippen LogP contribution in [0.5, 0.6) is 0 Å². The highest BCUT2D eigenvalue weighted by molar-refractivity contribution is 7.91. The molecule has 0 aliphatic carbocycles. The third-order valence-electron chi connectivity index (χ3n) is 5.28. The Morgan fingerprint density at radius 3 is 2.41 bits per heavy atom. The standard InChI is InChI=1S/C23H29N3O3S2.ClH/c1-6-31(28,29)19-10-7-9-18(15-19)22(27)26(12-8-11-25(4)5)23-24-20-13-16(2)17(3)14-21(20)30-23;/h7,9-10,13-15H,6,8,11-12H2,1-5H3;1H. The Labute approximate surface area is 200 Å². The van der Waals surface area contributed by atoms with E-state index >= 15 is 0 Å². The minimum absolute atomic E-state index is 0. The first-order valence-electron chi connectivity index (χ1n) is 10.3. The van der Waals surface area contributed by atoms with Gasteiger partial charge in [0.2, 0.25) is 0 Å².